The van der Waals surface area contributed by atoms with Gasteiger partial charge in [0, 0.05) is 31.0 Å². The lowest BCUT2D eigenvalue weighted by molar-refractivity contribution is 0.0523. The predicted octanol–water partition coefficient (Wildman–Crippen LogP) is 3.53. The van der Waals surface area contributed by atoms with Crippen molar-refractivity contribution in [3.8, 4) is 17.0 Å². The Balaban J connectivity index is 1.75. The number of ether oxygens (including phenoxy) is 1. The highest BCUT2D eigenvalue weighted by Gasteiger charge is 2.37. The fraction of sp³-hybridized carbons (Fsp3) is 0.381. The number of benzene rings is 1. The summed E-state index contributed by atoms with van der Waals surface area (Å²) in [6, 6.07) is 7.79. The van der Waals surface area contributed by atoms with Crippen LogP contribution in [-0.2, 0) is 6.54 Å². The van der Waals surface area contributed by atoms with Crippen molar-refractivity contribution >= 4 is 5.91 Å². The molecule has 0 fully saturated rings. The summed E-state index contributed by atoms with van der Waals surface area (Å²) in [5, 5.41) is 0. The zero-order chi connectivity index (χ0) is 19.7. The van der Waals surface area contributed by atoms with Crippen molar-refractivity contribution in [1.29, 1.82) is 0 Å². The van der Waals surface area contributed by atoms with Crippen LogP contribution in [0.25, 0.3) is 11.3 Å². The summed E-state index contributed by atoms with van der Waals surface area (Å²) in [5.74, 6) is 1.93. The summed E-state index contributed by atoms with van der Waals surface area (Å²) < 4.78 is 7.68. The second-order valence-corrected chi connectivity index (χ2v) is 7.16. The fourth-order valence-electron chi connectivity index (χ4n) is 3.86. The molecule has 7 heteroatoms. The van der Waals surface area contributed by atoms with Crippen molar-refractivity contribution < 1.29 is 9.53 Å². The van der Waals surface area contributed by atoms with Gasteiger partial charge in [0.2, 0.25) is 0 Å². The number of nitrogens with one attached hydrogen (secondary N) is 1. The number of amides is 1. The molecule has 1 aliphatic heterocycles. The Morgan fingerprint density at radius 3 is 2.89 bits per heavy atom. The first-order valence-corrected chi connectivity index (χ1v) is 9.64. The molecule has 0 saturated carbocycles. The minimum atomic E-state index is -0.0913. The number of imidazole rings is 2. The molecule has 2 aromatic heterocycles. The third-order valence-electron chi connectivity index (χ3n) is 5.53. The number of methoxy groups -OCH3 is 1. The largest absolute Gasteiger partial charge is 0.496 e. The van der Waals surface area contributed by atoms with E-state index >= 15 is 0 Å². The second kappa shape index (κ2) is 7.50. The molecule has 3 aromatic rings. The molecular weight excluding hydrogens is 354 g/mol. The first-order chi connectivity index (χ1) is 13.6. The fourth-order valence-corrected chi connectivity index (χ4v) is 3.86. The zero-order valence-electron chi connectivity index (χ0n) is 16.4. The quantitative estimate of drug-likeness (QED) is 0.736. The first-order valence-electron chi connectivity index (χ1n) is 9.64. The van der Waals surface area contributed by atoms with Gasteiger partial charge in [-0.15, -0.1) is 0 Å². The number of carbonyl (C=O) groups is 1. The SMILES string of the molecule is CCC(C)[C@H]1c2nc(-c3ccccc3OC)cn2CCN1C(=O)c1c[nH]cn1. The van der Waals surface area contributed by atoms with Gasteiger partial charge in [0.25, 0.3) is 5.91 Å². The van der Waals surface area contributed by atoms with Crippen molar-refractivity contribution in [1.82, 2.24) is 24.4 Å². The smallest absolute Gasteiger partial charge is 0.274 e. The number of hydrogen-bond acceptors (Lipinski definition) is 4. The summed E-state index contributed by atoms with van der Waals surface area (Å²) in [7, 11) is 1.67. The molecule has 0 radical (unpaired) electrons. The van der Waals surface area contributed by atoms with Gasteiger partial charge in [-0.05, 0) is 18.1 Å². The van der Waals surface area contributed by atoms with Gasteiger partial charge in [-0.2, -0.15) is 0 Å². The molecule has 1 amide bonds. The predicted molar refractivity (Wildman–Crippen MR) is 106 cm³/mol. The number of H-pyrrole nitrogens is 1. The van der Waals surface area contributed by atoms with Crippen LogP contribution in [0.4, 0.5) is 0 Å². The molecule has 28 heavy (non-hydrogen) atoms. The number of para-hydroxylation sites is 1. The van der Waals surface area contributed by atoms with Gasteiger partial charge < -0.3 is 19.2 Å². The molecule has 4 rings (SSSR count). The minimum absolute atomic E-state index is 0.0559. The Bertz CT molecular complexity index is 963. The lowest BCUT2D eigenvalue weighted by Crippen LogP contribution is -2.44. The molecule has 0 saturated heterocycles. The second-order valence-electron chi connectivity index (χ2n) is 7.16. The zero-order valence-corrected chi connectivity index (χ0v) is 16.4. The van der Waals surface area contributed by atoms with E-state index in [4.69, 9.17) is 9.72 Å². The lowest BCUT2D eigenvalue weighted by Gasteiger charge is -2.38. The van der Waals surface area contributed by atoms with Gasteiger partial charge >= 0.3 is 0 Å². The first kappa shape index (κ1) is 18.3. The highest BCUT2D eigenvalue weighted by atomic mass is 16.5. The van der Waals surface area contributed by atoms with E-state index in [0.717, 1.165) is 29.3 Å². The summed E-state index contributed by atoms with van der Waals surface area (Å²) in [6.45, 7) is 5.66. The monoisotopic (exact) mass is 379 g/mol. The van der Waals surface area contributed by atoms with Crippen molar-refractivity contribution in [3.63, 3.8) is 0 Å². The topological polar surface area (TPSA) is 76.0 Å². The summed E-state index contributed by atoms with van der Waals surface area (Å²) in [4.78, 5) is 27.0. The van der Waals surface area contributed by atoms with E-state index in [1.54, 1.807) is 13.3 Å². The van der Waals surface area contributed by atoms with Crippen molar-refractivity contribution in [2.45, 2.75) is 32.9 Å². The molecule has 1 aliphatic rings. The van der Waals surface area contributed by atoms with Crippen molar-refractivity contribution in [2.24, 2.45) is 5.92 Å². The number of carbonyl (C=O) groups excluding carboxylic acids is 1. The maximum absolute atomic E-state index is 13.1. The normalized spacial score (nSPS) is 17.2. The Kier molecular flexibility index (Phi) is 4.90. The van der Waals surface area contributed by atoms with Crippen LogP contribution in [0.3, 0.4) is 0 Å². The number of nitrogens with zero attached hydrogens (tertiary/aromatic N) is 4. The molecule has 1 aromatic carbocycles. The molecule has 0 bridgehead atoms. The molecule has 146 valence electrons. The van der Waals surface area contributed by atoms with Gasteiger partial charge in [-0.1, -0.05) is 32.4 Å². The molecule has 3 heterocycles. The molecule has 0 aliphatic carbocycles. The van der Waals surface area contributed by atoms with E-state index < -0.39 is 0 Å². The number of rotatable bonds is 5. The third kappa shape index (κ3) is 3.06. The Labute approximate surface area is 164 Å². The van der Waals surface area contributed by atoms with Crippen LogP contribution in [0.1, 0.15) is 42.6 Å². The van der Waals surface area contributed by atoms with Gasteiger partial charge in [-0.25, -0.2) is 9.97 Å². The van der Waals surface area contributed by atoms with E-state index in [1.165, 1.54) is 6.33 Å². The molecule has 2 atom stereocenters. The van der Waals surface area contributed by atoms with Gasteiger partial charge in [0.1, 0.15) is 17.3 Å². The van der Waals surface area contributed by atoms with E-state index in [9.17, 15) is 4.79 Å². The average molecular weight is 379 g/mol. The number of hydrogen-bond donors (Lipinski definition) is 1. The Morgan fingerprint density at radius 1 is 1.36 bits per heavy atom. The van der Waals surface area contributed by atoms with Crippen LogP contribution in [-0.4, -0.2) is 44.0 Å². The molecule has 1 N–H and O–H groups in total. The Hall–Kier alpha value is -3.09. The average Bonchev–Trinajstić information content (AvgIpc) is 3.41. The van der Waals surface area contributed by atoms with E-state index in [2.05, 4.69) is 34.6 Å². The van der Waals surface area contributed by atoms with Crippen LogP contribution in [0.5, 0.6) is 5.75 Å². The molecule has 0 spiro atoms. The summed E-state index contributed by atoms with van der Waals surface area (Å²) in [5.41, 5.74) is 2.27. The maximum Gasteiger partial charge on any atom is 0.274 e. The molecule has 7 nitrogen and oxygen atoms in total. The van der Waals surface area contributed by atoms with E-state index in [1.807, 2.05) is 29.2 Å². The van der Waals surface area contributed by atoms with Gasteiger partial charge in [0.15, 0.2) is 0 Å². The van der Waals surface area contributed by atoms with Crippen molar-refractivity contribution in [3.05, 3.63) is 54.5 Å². The lowest BCUT2D eigenvalue weighted by atomic mass is 9.95. The van der Waals surface area contributed by atoms with Crippen LogP contribution in [0.2, 0.25) is 0 Å². The highest BCUT2D eigenvalue weighted by molar-refractivity contribution is 5.92. The van der Waals surface area contributed by atoms with E-state index in [-0.39, 0.29) is 17.9 Å². The Morgan fingerprint density at radius 2 is 2.18 bits per heavy atom. The van der Waals surface area contributed by atoms with Gasteiger partial charge in [-0.3, -0.25) is 4.79 Å². The standard InChI is InChI=1S/C21H25N5O2/c1-4-14(2)19-20-24-17(15-7-5-6-8-18(15)28-3)12-25(20)9-10-26(19)21(27)16-11-22-13-23-16/h5-8,11-14,19H,4,9-10H2,1-3H3,(H,22,23)/t14?,19-/m0/s1. The highest BCUT2D eigenvalue weighted by Crippen LogP contribution is 2.37. The van der Waals surface area contributed by atoms with Crippen molar-refractivity contribution in [2.75, 3.05) is 13.7 Å². The summed E-state index contributed by atoms with van der Waals surface area (Å²) in [6.07, 6.45) is 6.21. The third-order valence-corrected chi connectivity index (χ3v) is 5.53. The summed E-state index contributed by atoms with van der Waals surface area (Å²) >= 11 is 0. The maximum atomic E-state index is 13.1. The van der Waals surface area contributed by atoms with Gasteiger partial charge in [0.05, 0.1) is 25.2 Å². The van der Waals surface area contributed by atoms with Crippen LogP contribution in [0.15, 0.2) is 43.0 Å². The van der Waals surface area contributed by atoms with Crippen LogP contribution in [0, 0.1) is 5.92 Å². The number of aromatic amines is 1. The van der Waals surface area contributed by atoms with Crippen LogP contribution < -0.4 is 4.74 Å². The minimum Gasteiger partial charge on any atom is -0.496 e. The number of fused-ring (bicyclic) bond motifs is 1. The number of aromatic nitrogens is 4. The molecule has 1 unspecified atom stereocenters. The van der Waals surface area contributed by atoms with E-state index in [0.29, 0.717) is 18.8 Å². The molecular formula is C21H25N5O2. The van der Waals surface area contributed by atoms with Crippen LogP contribution >= 0.6 is 0 Å².